The smallest absolute Gasteiger partial charge is 0.263 e. The number of hydrogen-bond acceptors (Lipinski definition) is 6. The molecule has 0 saturated heterocycles. The average Bonchev–Trinajstić information content (AvgIpc) is 2.84. The number of carbonyl (C=O) groups is 2. The minimum atomic E-state index is -0.474. The van der Waals surface area contributed by atoms with E-state index in [9.17, 15) is 14.4 Å². The van der Waals surface area contributed by atoms with Crippen LogP contribution in [-0.2, 0) is 11.3 Å². The molecule has 0 aliphatic carbocycles. The molecular weight excluding hydrogens is 480 g/mol. The van der Waals surface area contributed by atoms with Crippen LogP contribution < -0.4 is 15.6 Å². The Labute approximate surface area is 212 Å². The Hall–Kier alpha value is -4.04. The lowest BCUT2D eigenvalue weighted by molar-refractivity contribution is -0.123. The van der Waals surface area contributed by atoms with Crippen molar-refractivity contribution in [1.82, 2.24) is 19.9 Å². The fraction of sp³-hybridized carbons (Fsp3) is 0.222. The molecule has 184 valence electrons. The van der Waals surface area contributed by atoms with E-state index in [1.165, 1.54) is 11.7 Å². The third kappa shape index (κ3) is 5.44. The number of fused-ring (bicyclic) bond motifs is 1. The van der Waals surface area contributed by atoms with E-state index in [0.29, 0.717) is 33.0 Å². The Morgan fingerprint density at radius 1 is 1.11 bits per heavy atom. The lowest BCUT2D eigenvalue weighted by Gasteiger charge is -2.21. The largest absolute Gasteiger partial charge is 0.497 e. The second-order valence-electron chi connectivity index (χ2n) is 9.34. The lowest BCUT2D eigenvalue weighted by atomic mass is 10.0. The zero-order valence-electron chi connectivity index (χ0n) is 20.3. The molecule has 1 amide bonds. The number of aldehydes is 1. The van der Waals surface area contributed by atoms with Crippen LogP contribution in [0.25, 0.3) is 33.5 Å². The predicted molar refractivity (Wildman–Crippen MR) is 140 cm³/mol. The summed E-state index contributed by atoms with van der Waals surface area (Å²) in [6.07, 6.45) is 2.30. The van der Waals surface area contributed by atoms with E-state index in [1.807, 2.05) is 20.8 Å². The van der Waals surface area contributed by atoms with Crippen molar-refractivity contribution in [2.24, 2.45) is 0 Å². The van der Waals surface area contributed by atoms with Crippen molar-refractivity contribution in [3.63, 3.8) is 0 Å². The number of ether oxygens (including phenoxy) is 1. The van der Waals surface area contributed by atoms with E-state index in [1.54, 1.807) is 54.7 Å². The summed E-state index contributed by atoms with van der Waals surface area (Å²) < 4.78 is 6.62. The highest BCUT2D eigenvalue weighted by Gasteiger charge is 2.20. The molecule has 0 spiro atoms. The number of aromatic nitrogens is 3. The van der Waals surface area contributed by atoms with Gasteiger partial charge in [-0.1, -0.05) is 23.7 Å². The molecule has 9 heteroatoms. The number of rotatable bonds is 6. The number of methoxy groups -OCH3 is 1. The molecule has 0 radical (unpaired) electrons. The van der Waals surface area contributed by atoms with Crippen molar-refractivity contribution >= 4 is 34.8 Å². The van der Waals surface area contributed by atoms with Crippen molar-refractivity contribution in [2.45, 2.75) is 32.9 Å². The summed E-state index contributed by atoms with van der Waals surface area (Å²) in [6.45, 7) is 5.35. The van der Waals surface area contributed by atoms with Crippen LogP contribution in [0.4, 0.5) is 0 Å². The van der Waals surface area contributed by atoms with E-state index < -0.39 is 11.1 Å². The summed E-state index contributed by atoms with van der Waals surface area (Å²) in [6, 6.07) is 13.6. The third-order valence-corrected chi connectivity index (χ3v) is 5.58. The molecule has 0 aliphatic rings. The monoisotopic (exact) mass is 504 g/mol. The second-order valence-corrected chi connectivity index (χ2v) is 9.78. The summed E-state index contributed by atoms with van der Waals surface area (Å²) in [7, 11) is 1.51. The van der Waals surface area contributed by atoms with Crippen molar-refractivity contribution in [1.29, 1.82) is 0 Å². The number of nitrogens with one attached hydrogen (secondary N) is 1. The van der Waals surface area contributed by atoms with Crippen molar-refractivity contribution in [3.8, 4) is 28.3 Å². The average molecular weight is 505 g/mol. The van der Waals surface area contributed by atoms with Gasteiger partial charge in [-0.3, -0.25) is 19.0 Å². The number of carbonyl (C=O) groups excluding carboxylic acids is 2. The quantitative estimate of drug-likeness (QED) is 0.387. The second kappa shape index (κ2) is 9.91. The molecule has 1 N–H and O–H groups in total. The first-order chi connectivity index (χ1) is 17.1. The number of hydrogen-bond donors (Lipinski definition) is 1. The molecule has 2 heterocycles. The van der Waals surface area contributed by atoms with E-state index in [0.717, 1.165) is 6.29 Å². The van der Waals surface area contributed by atoms with Gasteiger partial charge < -0.3 is 10.1 Å². The van der Waals surface area contributed by atoms with Crippen molar-refractivity contribution in [2.75, 3.05) is 7.11 Å². The van der Waals surface area contributed by atoms with E-state index in [4.69, 9.17) is 16.3 Å². The zero-order chi connectivity index (χ0) is 26.0. The molecule has 36 heavy (non-hydrogen) atoms. The molecular formula is C27H25ClN4O4. The molecule has 0 saturated carbocycles. The highest BCUT2D eigenvalue weighted by atomic mass is 35.5. The lowest BCUT2D eigenvalue weighted by Crippen LogP contribution is -2.43. The summed E-state index contributed by atoms with van der Waals surface area (Å²) in [5.74, 6) is 0.450. The first kappa shape index (κ1) is 25.1. The predicted octanol–water partition coefficient (Wildman–Crippen LogP) is 4.51. The maximum absolute atomic E-state index is 13.7. The van der Waals surface area contributed by atoms with Crippen LogP contribution in [0.15, 0.2) is 59.5 Å². The van der Waals surface area contributed by atoms with Gasteiger partial charge in [-0.25, -0.2) is 9.97 Å². The maximum atomic E-state index is 13.7. The molecule has 0 atom stereocenters. The summed E-state index contributed by atoms with van der Waals surface area (Å²) >= 11 is 6.19. The van der Waals surface area contributed by atoms with Crippen LogP contribution >= 0.6 is 11.6 Å². The van der Waals surface area contributed by atoms with Gasteiger partial charge in [0.05, 0.1) is 12.5 Å². The maximum Gasteiger partial charge on any atom is 0.263 e. The number of amides is 1. The van der Waals surface area contributed by atoms with Gasteiger partial charge in [0.1, 0.15) is 24.4 Å². The van der Waals surface area contributed by atoms with Crippen LogP contribution in [0.2, 0.25) is 5.02 Å². The molecule has 4 aromatic rings. The molecule has 0 bridgehead atoms. The van der Waals surface area contributed by atoms with E-state index >= 15 is 0 Å². The van der Waals surface area contributed by atoms with Crippen molar-refractivity contribution in [3.05, 3.63) is 75.7 Å². The number of benzene rings is 2. The molecule has 2 aromatic heterocycles. The van der Waals surface area contributed by atoms with Gasteiger partial charge in [-0.05, 0) is 62.7 Å². The van der Waals surface area contributed by atoms with Crippen LogP contribution in [0, 0.1) is 0 Å². The first-order valence-corrected chi connectivity index (χ1v) is 11.6. The number of nitrogens with zero attached hydrogens (tertiary/aromatic N) is 3. The summed E-state index contributed by atoms with van der Waals surface area (Å²) in [4.78, 5) is 47.0. The van der Waals surface area contributed by atoms with Crippen LogP contribution in [0.5, 0.6) is 5.75 Å². The minimum absolute atomic E-state index is 0.227. The molecule has 0 unspecified atom stereocenters. The SMILES string of the molecule is COc1cc(C=O)cc(-c2cnc3nc(-c4cccc(Cl)c4)n(CC(=O)NC(C)(C)C)c(=O)c3c2)c1. The number of halogens is 1. The first-order valence-electron chi connectivity index (χ1n) is 11.2. The van der Waals surface area contributed by atoms with Gasteiger partial charge >= 0.3 is 0 Å². The molecule has 4 rings (SSSR count). The highest BCUT2D eigenvalue weighted by molar-refractivity contribution is 6.30. The van der Waals surface area contributed by atoms with Crippen LogP contribution in [0.3, 0.4) is 0 Å². The Kier molecular flexibility index (Phi) is 6.90. The fourth-order valence-corrected chi connectivity index (χ4v) is 4.03. The normalized spacial score (nSPS) is 11.4. The molecule has 8 nitrogen and oxygen atoms in total. The Morgan fingerprint density at radius 3 is 2.56 bits per heavy atom. The Bertz CT molecular complexity index is 1540. The van der Waals surface area contributed by atoms with Gasteiger partial charge in [-0.2, -0.15) is 0 Å². The molecule has 2 aromatic carbocycles. The van der Waals surface area contributed by atoms with Crippen LogP contribution in [0.1, 0.15) is 31.1 Å². The van der Waals surface area contributed by atoms with Crippen LogP contribution in [-0.4, -0.2) is 39.4 Å². The van der Waals surface area contributed by atoms with Gasteiger partial charge in [0.2, 0.25) is 5.91 Å². The standard InChI is InChI=1S/C27H25ClN4O4/c1-27(2,3)31-23(34)14-32-25(17-6-5-7-20(28)10-17)30-24-22(26(32)35)12-19(13-29-24)18-8-16(15-33)9-21(11-18)36-4/h5-13,15H,14H2,1-4H3,(H,31,34). The Morgan fingerprint density at radius 2 is 1.89 bits per heavy atom. The van der Waals surface area contributed by atoms with Crippen molar-refractivity contribution < 1.29 is 14.3 Å². The minimum Gasteiger partial charge on any atom is -0.497 e. The molecule has 0 aliphatic heterocycles. The van der Waals surface area contributed by atoms with Gasteiger partial charge in [-0.15, -0.1) is 0 Å². The molecule has 0 fully saturated rings. The van der Waals surface area contributed by atoms with Gasteiger partial charge in [0, 0.05) is 33.4 Å². The van der Waals surface area contributed by atoms with E-state index in [-0.39, 0.29) is 29.3 Å². The fourth-order valence-electron chi connectivity index (χ4n) is 3.83. The van der Waals surface area contributed by atoms with E-state index in [2.05, 4.69) is 15.3 Å². The summed E-state index contributed by atoms with van der Waals surface area (Å²) in [5, 5.41) is 3.59. The highest BCUT2D eigenvalue weighted by Crippen LogP contribution is 2.28. The number of pyridine rings is 1. The van der Waals surface area contributed by atoms with Gasteiger partial charge in [0.15, 0.2) is 5.65 Å². The van der Waals surface area contributed by atoms with Gasteiger partial charge in [0.25, 0.3) is 5.56 Å². The third-order valence-electron chi connectivity index (χ3n) is 5.34. The Balaban J connectivity index is 1.92. The topological polar surface area (TPSA) is 103 Å². The summed E-state index contributed by atoms with van der Waals surface area (Å²) in [5.41, 5.74) is 1.59. The zero-order valence-corrected chi connectivity index (χ0v) is 21.1.